The van der Waals surface area contributed by atoms with E-state index in [1.54, 1.807) is 0 Å². The largest absolute Gasteiger partial charge is 0.419 e. The molecule has 0 radical (unpaired) electrons. The van der Waals surface area contributed by atoms with E-state index in [9.17, 15) is 26.3 Å². The summed E-state index contributed by atoms with van der Waals surface area (Å²) in [6.07, 6.45) is -9.10. The molecule has 0 aliphatic carbocycles. The third-order valence-electron chi connectivity index (χ3n) is 2.04. The average molecular weight is 272 g/mol. The summed E-state index contributed by atoms with van der Waals surface area (Å²) in [5.74, 6) is -0.452. The highest BCUT2D eigenvalue weighted by molar-refractivity contribution is 5.45. The van der Waals surface area contributed by atoms with E-state index in [1.165, 1.54) is 0 Å². The first-order chi connectivity index (χ1) is 8.20. The Morgan fingerprint density at radius 2 is 1.78 bits per heavy atom. The summed E-state index contributed by atoms with van der Waals surface area (Å²) in [6.45, 7) is -0.223. The van der Waals surface area contributed by atoms with Crippen molar-refractivity contribution in [2.45, 2.75) is 25.2 Å². The van der Waals surface area contributed by atoms with Crippen molar-refractivity contribution in [1.29, 1.82) is 0 Å². The SMILES string of the molecule is FC(F)(F)CCCNc1ncccc1C(F)(F)F. The maximum absolute atomic E-state index is 12.5. The topological polar surface area (TPSA) is 24.9 Å². The monoisotopic (exact) mass is 272 g/mol. The molecule has 1 N–H and O–H groups in total. The number of nitrogens with zero attached hydrogens (tertiary/aromatic N) is 1. The third kappa shape index (κ3) is 4.80. The predicted octanol–water partition coefficient (Wildman–Crippen LogP) is 3.85. The molecule has 0 fully saturated rings. The normalized spacial score (nSPS) is 12.6. The van der Waals surface area contributed by atoms with Crippen molar-refractivity contribution in [2.75, 3.05) is 11.9 Å². The first-order valence-corrected chi connectivity index (χ1v) is 5.03. The Kier molecular flexibility index (Phi) is 4.42. The van der Waals surface area contributed by atoms with Crippen LogP contribution in [0.1, 0.15) is 18.4 Å². The van der Waals surface area contributed by atoms with Crippen LogP contribution >= 0.6 is 0 Å². The lowest BCUT2D eigenvalue weighted by Gasteiger charge is -2.13. The van der Waals surface area contributed by atoms with Gasteiger partial charge in [-0.1, -0.05) is 0 Å². The molecule has 18 heavy (non-hydrogen) atoms. The number of anilines is 1. The van der Waals surface area contributed by atoms with Crippen LogP contribution in [0.2, 0.25) is 0 Å². The molecular formula is C10H10F6N2. The molecule has 0 aliphatic heterocycles. The van der Waals surface area contributed by atoms with E-state index in [4.69, 9.17) is 0 Å². The Hall–Kier alpha value is -1.47. The summed E-state index contributed by atoms with van der Waals surface area (Å²) >= 11 is 0. The third-order valence-corrected chi connectivity index (χ3v) is 2.04. The van der Waals surface area contributed by atoms with Gasteiger partial charge in [-0.25, -0.2) is 4.98 Å². The van der Waals surface area contributed by atoms with Crippen molar-refractivity contribution in [2.24, 2.45) is 0 Å². The Morgan fingerprint density at radius 1 is 1.11 bits per heavy atom. The number of halogens is 6. The van der Waals surface area contributed by atoms with Gasteiger partial charge in [0.2, 0.25) is 0 Å². The van der Waals surface area contributed by atoms with Gasteiger partial charge in [0.25, 0.3) is 0 Å². The number of hydrogen-bond donors (Lipinski definition) is 1. The molecule has 0 saturated heterocycles. The molecule has 0 bridgehead atoms. The molecule has 8 heteroatoms. The fraction of sp³-hybridized carbons (Fsp3) is 0.500. The molecule has 0 unspecified atom stereocenters. The van der Waals surface area contributed by atoms with Crippen molar-refractivity contribution < 1.29 is 26.3 Å². The Balaban J connectivity index is 2.58. The molecule has 0 aromatic carbocycles. The van der Waals surface area contributed by atoms with Crippen molar-refractivity contribution >= 4 is 5.82 Å². The Labute approximate surface area is 99.0 Å². The summed E-state index contributed by atoms with van der Waals surface area (Å²) in [5.41, 5.74) is -0.989. The molecule has 1 heterocycles. The molecule has 1 aromatic heterocycles. The lowest BCUT2D eigenvalue weighted by atomic mass is 10.2. The number of nitrogens with one attached hydrogen (secondary N) is 1. The van der Waals surface area contributed by atoms with E-state index in [1.807, 2.05) is 0 Å². The van der Waals surface area contributed by atoms with E-state index in [0.29, 0.717) is 0 Å². The first-order valence-electron chi connectivity index (χ1n) is 5.03. The van der Waals surface area contributed by atoms with Gasteiger partial charge >= 0.3 is 12.4 Å². The maximum atomic E-state index is 12.5. The van der Waals surface area contributed by atoms with Crippen LogP contribution in [-0.2, 0) is 6.18 Å². The average Bonchev–Trinajstić information content (AvgIpc) is 2.22. The molecule has 1 aromatic rings. The van der Waals surface area contributed by atoms with Crippen LogP contribution in [-0.4, -0.2) is 17.7 Å². The van der Waals surface area contributed by atoms with E-state index in [-0.39, 0.29) is 13.0 Å². The second-order valence-corrected chi connectivity index (χ2v) is 3.54. The summed E-state index contributed by atoms with van der Waals surface area (Å²) < 4.78 is 72.9. The minimum absolute atomic E-state index is 0.223. The zero-order valence-electron chi connectivity index (χ0n) is 9.07. The highest BCUT2D eigenvalue weighted by Crippen LogP contribution is 2.33. The summed E-state index contributed by atoms with van der Waals surface area (Å²) in [5, 5.41) is 2.26. The zero-order valence-corrected chi connectivity index (χ0v) is 9.07. The van der Waals surface area contributed by atoms with Gasteiger partial charge in [0.1, 0.15) is 5.82 Å². The van der Waals surface area contributed by atoms with Gasteiger partial charge in [0.05, 0.1) is 5.56 Å². The number of rotatable bonds is 4. The lowest BCUT2D eigenvalue weighted by Crippen LogP contribution is -2.15. The maximum Gasteiger partial charge on any atom is 0.419 e. The van der Waals surface area contributed by atoms with Crippen LogP contribution in [0.3, 0.4) is 0 Å². The van der Waals surface area contributed by atoms with Crippen molar-refractivity contribution in [3.05, 3.63) is 23.9 Å². The highest BCUT2D eigenvalue weighted by Gasteiger charge is 2.34. The minimum atomic E-state index is -4.58. The van der Waals surface area contributed by atoms with Gasteiger partial charge < -0.3 is 5.32 Å². The minimum Gasteiger partial charge on any atom is -0.370 e. The fourth-order valence-electron chi connectivity index (χ4n) is 1.27. The van der Waals surface area contributed by atoms with Gasteiger partial charge in [-0.2, -0.15) is 26.3 Å². The van der Waals surface area contributed by atoms with Crippen molar-refractivity contribution in [3.63, 3.8) is 0 Å². The highest BCUT2D eigenvalue weighted by atomic mass is 19.4. The zero-order chi connectivity index (χ0) is 13.8. The molecule has 2 nitrogen and oxygen atoms in total. The van der Waals surface area contributed by atoms with Crippen LogP contribution in [0.4, 0.5) is 32.2 Å². The number of hydrogen-bond acceptors (Lipinski definition) is 2. The summed E-state index contributed by atoms with van der Waals surface area (Å²) in [7, 11) is 0. The molecule has 0 saturated carbocycles. The Morgan fingerprint density at radius 3 is 2.33 bits per heavy atom. The number of aromatic nitrogens is 1. The van der Waals surface area contributed by atoms with Gasteiger partial charge in [-0.05, 0) is 18.6 Å². The molecule has 1 rings (SSSR count). The van der Waals surface area contributed by atoms with E-state index in [2.05, 4.69) is 10.3 Å². The van der Waals surface area contributed by atoms with Crippen LogP contribution in [0, 0.1) is 0 Å². The van der Waals surface area contributed by atoms with Crippen LogP contribution < -0.4 is 5.32 Å². The fourth-order valence-corrected chi connectivity index (χ4v) is 1.27. The number of alkyl halides is 6. The van der Waals surface area contributed by atoms with Crippen molar-refractivity contribution in [1.82, 2.24) is 4.98 Å². The van der Waals surface area contributed by atoms with E-state index < -0.39 is 30.2 Å². The molecular weight excluding hydrogens is 262 g/mol. The molecule has 0 atom stereocenters. The summed E-state index contributed by atoms with van der Waals surface area (Å²) in [6, 6.07) is 1.93. The molecule has 0 aliphatic rings. The van der Waals surface area contributed by atoms with E-state index in [0.717, 1.165) is 18.3 Å². The number of pyridine rings is 1. The summed E-state index contributed by atoms with van der Waals surface area (Å²) in [4.78, 5) is 3.47. The van der Waals surface area contributed by atoms with Crippen molar-refractivity contribution in [3.8, 4) is 0 Å². The van der Waals surface area contributed by atoms with Crippen LogP contribution in [0.15, 0.2) is 18.3 Å². The van der Waals surface area contributed by atoms with Crippen LogP contribution in [0.25, 0.3) is 0 Å². The quantitative estimate of drug-likeness (QED) is 0.665. The second kappa shape index (κ2) is 5.45. The second-order valence-electron chi connectivity index (χ2n) is 3.54. The first kappa shape index (κ1) is 14.6. The lowest BCUT2D eigenvalue weighted by molar-refractivity contribution is -0.137. The Bertz CT molecular complexity index is 385. The molecule has 102 valence electrons. The standard InChI is InChI=1S/C10H10F6N2/c11-9(12,13)4-2-6-18-8-7(10(14,15)16)3-1-5-17-8/h1,3,5H,2,4,6H2,(H,17,18). The van der Waals surface area contributed by atoms with Gasteiger partial charge in [0, 0.05) is 19.2 Å². The van der Waals surface area contributed by atoms with E-state index >= 15 is 0 Å². The molecule has 0 spiro atoms. The van der Waals surface area contributed by atoms with Crippen LogP contribution in [0.5, 0.6) is 0 Å². The predicted molar refractivity (Wildman–Crippen MR) is 53.0 cm³/mol. The van der Waals surface area contributed by atoms with Gasteiger partial charge in [0.15, 0.2) is 0 Å². The van der Waals surface area contributed by atoms with Gasteiger partial charge in [-0.3, -0.25) is 0 Å². The van der Waals surface area contributed by atoms with Gasteiger partial charge in [-0.15, -0.1) is 0 Å². The molecule has 0 amide bonds. The smallest absolute Gasteiger partial charge is 0.370 e.